The molecule has 0 fully saturated rings. The highest BCUT2D eigenvalue weighted by Gasteiger charge is 2.14. The molecule has 4 aromatic rings. The number of hydrogen-bond acceptors (Lipinski definition) is 3. The largest absolute Gasteiger partial charge is 0.489 e. The first-order chi connectivity index (χ1) is 14.1. The molecule has 0 aliphatic carbocycles. The molecule has 1 heterocycles. The first-order valence-corrected chi connectivity index (χ1v) is 9.56. The van der Waals surface area contributed by atoms with Crippen molar-refractivity contribution in [2.45, 2.75) is 20.1 Å². The number of amides is 1. The number of aryl methyl sites for hydroxylation is 1. The third kappa shape index (κ3) is 4.46. The normalized spacial score (nSPS) is 10.8. The summed E-state index contributed by atoms with van der Waals surface area (Å²) in [5.74, 6) is 1.36. The number of H-pyrrole nitrogens is 1. The van der Waals surface area contributed by atoms with Crippen LogP contribution in [-0.4, -0.2) is 27.8 Å². The number of fused-ring (bicyclic) bond motifs is 1. The number of aromatic amines is 1. The summed E-state index contributed by atoms with van der Waals surface area (Å²) in [6, 6.07) is 23.3. The molecule has 3 aromatic carbocycles. The Bertz CT molecular complexity index is 1120. The molecule has 0 atom stereocenters. The fourth-order valence-electron chi connectivity index (χ4n) is 3.28. The standard InChI is InChI=1S/C24H23N3O2/c1-17-7-5-8-18(13-17)16-29-20-10-6-9-19(14-20)24(28)27(2)15-23-25-21-11-3-4-12-22(21)26-23/h3-14H,15-16H2,1-2H3,(H,25,26). The van der Waals surface area contributed by atoms with E-state index in [0.717, 1.165) is 22.4 Å². The average Bonchev–Trinajstić information content (AvgIpc) is 3.14. The minimum absolute atomic E-state index is 0.0774. The second-order valence-electron chi connectivity index (χ2n) is 7.17. The van der Waals surface area contributed by atoms with Crippen LogP contribution in [0.3, 0.4) is 0 Å². The van der Waals surface area contributed by atoms with Crippen molar-refractivity contribution >= 4 is 16.9 Å². The van der Waals surface area contributed by atoms with Gasteiger partial charge in [0.2, 0.25) is 0 Å². The van der Waals surface area contributed by atoms with Gasteiger partial charge in [0.25, 0.3) is 5.91 Å². The van der Waals surface area contributed by atoms with Crippen LogP contribution in [-0.2, 0) is 13.2 Å². The second-order valence-corrected chi connectivity index (χ2v) is 7.17. The molecule has 146 valence electrons. The molecule has 0 aliphatic rings. The summed E-state index contributed by atoms with van der Waals surface area (Å²) in [4.78, 5) is 22.3. The number of carbonyl (C=O) groups is 1. The molecular formula is C24H23N3O2. The summed E-state index contributed by atoms with van der Waals surface area (Å²) in [5.41, 5.74) is 4.75. The van der Waals surface area contributed by atoms with E-state index in [1.54, 1.807) is 24.1 Å². The van der Waals surface area contributed by atoms with Crippen LogP contribution in [0.1, 0.15) is 27.3 Å². The summed E-state index contributed by atoms with van der Waals surface area (Å²) in [7, 11) is 1.77. The number of nitrogens with one attached hydrogen (secondary N) is 1. The Morgan fingerprint density at radius 2 is 1.86 bits per heavy atom. The molecular weight excluding hydrogens is 362 g/mol. The molecule has 1 amide bonds. The Labute approximate surface area is 170 Å². The zero-order valence-corrected chi connectivity index (χ0v) is 16.6. The molecule has 0 saturated heterocycles. The van der Waals surface area contributed by atoms with Gasteiger partial charge in [-0.25, -0.2) is 4.98 Å². The Balaban J connectivity index is 1.43. The van der Waals surface area contributed by atoms with E-state index in [1.165, 1.54) is 5.56 Å². The third-order valence-electron chi connectivity index (χ3n) is 4.74. The van der Waals surface area contributed by atoms with E-state index in [4.69, 9.17) is 4.74 Å². The van der Waals surface area contributed by atoms with E-state index < -0.39 is 0 Å². The molecule has 5 heteroatoms. The topological polar surface area (TPSA) is 58.2 Å². The zero-order valence-electron chi connectivity index (χ0n) is 16.6. The van der Waals surface area contributed by atoms with Crippen LogP contribution in [0.2, 0.25) is 0 Å². The van der Waals surface area contributed by atoms with Gasteiger partial charge in [-0.15, -0.1) is 0 Å². The van der Waals surface area contributed by atoms with Gasteiger partial charge in [0.15, 0.2) is 0 Å². The summed E-state index contributed by atoms with van der Waals surface area (Å²) in [6.45, 7) is 2.93. The number of rotatable bonds is 6. The van der Waals surface area contributed by atoms with Gasteiger partial charge in [0.1, 0.15) is 18.2 Å². The van der Waals surface area contributed by atoms with Crippen LogP contribution in [0.15, 0.2) is 72.8 Å². The zero-order chi connectivity index (χ0) is 20.2. The molecule has 1 aromatic heterocycles. The monoisotopic (exact) mass is 385 g/mol. The molecule has 0 bridgehead atoms. The predicted octanol–water partition coefficient (Wildman–Crippen LogP) is 4.72. The van der Waals surface area contributed by atoms with Crippen LogP contribution < -0.4 is 4.74 Å². The summed E-state index contributed by atoms with van der Waals surface area (Å²) >= 11 is 0. The van der Waals surface area contributed by atoms with Crippen molar-refractivity contribution in [1.82, 2.24) is 14.9 Å². The fraction of sp³-hybridized carbons (Fsp3) is 0.167. The molecule has 0 radical (unpaired) electrons. The quantitative estimate of drug-likeness (QED) is 0.522. The van der Waals surface area contributed by atoms with Gasteiger partial charge in [-0.3, -0.25) is 4.79 Å². The van der Waals surface area contributed by atoms with Gasteiger partial charge in [-0.1, -0.05) is 48.0 Å². The number of aromatic nitrogens is 2. The lowest BCUT2D eigenvalue weighted by atomic mass is 10.1. The minimum Gasteiger partial charge on any atom is -0.489 e. The van der Waals surface area contributed by atoms with Crippen molar-refractivity contribution in [1.29, 1.82) is 0 Å². The van der Waals surface area contributed by atoms with Crippen LogP contribution in [0.25, 0.3) is 11.0 Å². The van der Waals surface area contributed by atoms with Crippen LogP contribution in [0.4, 0.5) is 0 Å². The molecule has 0 spiro atoms. The highest BCUT2D eigenvalue weighted by molar-refractivity contribution is 5.94. The Kier molecular flexibility index (Phi) is 5.29. The molecule has 0 aliphatic heterocycles. The minimum atomic E-state index is -0.0774. The number of imidazole rings is 1. The highest BCUT2D eigenvalue weighted by atomic mass is 16.5. The van der Waals surface area contributed by atoms with Crippen molar-refractivity contribution in [2.24, 2.45) is 0 Å². The van der Waals surface area contributed by atoms with Crippen molar-refractivity contribution < 1.29 is 9.53 Å². The number of ether oxygens (including phenoxy) is 1. The molecule has 0 unspecified atom stereocenters. The van der Waals surface area contributed by atoms with Crippen LogP contribution >= 0.6 is 0 Å². The van der Waals surface area contributed by atoms with E-state index in [-0.39, 0.29) is 5.91 Å². The highest BCUT2D eigenvalue weighted by Crippen LogP contribution is 2.18. The maximum atomic E-state index is 12.9. The number of benzene rings is 3. The maximum Gasteiger partial charge on any atom is 0.254 e. The molecule has 29 heavy (non-hydrogen) atoms. The van der Waals surface area contributed by atoms with E-state index in [1.807, 2.05) is 48.5 Å². The van der Waals surface area contributed by atoms with E-state index in [0.29, 0.717) is 24.5 Å². The number of para-hydroxylation sites is 2. The lowest BCUT2D eigenvalue weighted by Gasteiger charge is -2.16. The summed E-state index contributed by atoms with van der Waals surface area (Å²) < 4.78 is 5.89. The van der Waals surface area contributed by atoms with Crippen LogP contribution in [0, 0.1) is 6.92 Å². The predicted molar refractivity (Wildman–Crippen MR) is 114 cm³/mol. The van der Waals surface area contributed by atoms with Gasteiger partial charge in [-0.05, 0) is 42.8 Å². The molecule has 0 saturated carbocycles. The van der Waals surface area contributed by atoms with Gasteiger partial charge in [0.05, 0.1) is 17.6 Å². The van der Waals surface area contributed by atoms with Gasteiger partial charge in [0, 0.05) is 12.6 Å². The average molecular weight is 385 g/mol. The van der Waals surface area contributed by atoms with Gasteiger partial charge in [-0.2, -0.15) is 0 Å². The second kappa shape index (κ2) is 8.19. The Morgan fingerprint density at radius 1 is 1.03 bits per heavy atom. The maximum absolute atomic E-state index is 12.9. The lowest BCUT2D eigenvalue weighted by Crippen LogP contribution is -2.26. The van der Waals surface area contributed by atoms with Gasteiger partial charge < -0.3 is 14.6 Å². The smallest absolute Gasteiger partial charge is 0.254 e. The first kappa shape index (κ1) is 18.7. The molecule has 4 rings (SSSR count). The SMILES string of the molecule is Cc1cccc(COc2cccc(C(=O)N(C)Cc3nc4ccccc4[nH]3)c2)c1. The fourth-order valence-corrected chi connectivity index (χ4v) is 3.28. The van der Waals surface area contributed by atoms with Crippen molar-refractivity contribution in [3.8, 4) is 5.75 Å². The lowest BCUT2D eigenvalue weighted by molar-refractivity contribution is 0.0781. The van der Waals surface area contributed by atoms with Crippen molar-refractivity contribution in [2.75, 3.05) is 7.05 Å². The van der Waals surface area contributed by atoms with E-state index in [2.05, 4.69) is 29.0 Å². The molecule has 1 N–H and O–H groups in total. The Hall–Kier alpha value is -3.60. The van der Waals surface area contributed by atoms with E-state index >= 15 is 0 Å². The summed E-state index contributed by atoms with van der Waals surface area (Å²) in [5, 5.41) is 0. The Morgan fingerprint density at radius 3 is 2.69 bits per heavy atom. The van der Waals surface area contributed by atoms with Crippen molar-refractivity contribution in [3.05, 3.63) is 95.3 Å². The van der Waals surface area contributed by atoms with Gasteiger partial charge >= 0.3 is 0 Å². The number of hydrogen-bond donors (Lipinski definition) is 1. The van der Waals surface area contributed by atoms with E-state index in [9.17, 15) is 4.79 Å². The summed E-state index contributed by atoms with van der Waals surface area (Å²) in [6.07, 6.45) is 0. The van der Waals surface area contributed by atoms with Crippen molar-refractivity contribution in [3.63, 3.8) is 0 Å². The van der Waals surface area contributed by atoms with Crippen LogP contribution in [0.5, 0.6) is 5.75 Å². The number of carbonyl (C=O) groups excluding carboxylic acids is 1. The molecule has 5 nitrogen and oxygen atoms in total. The number of nitrogens with zero attached hydrogens (tertiary/aromatic N) is 2. The third-order valence-corrected chi connectivity index (χ3v) is 4.74. The first-order valence-electron chi connectivity index (χ1n) is 9.56.